The van der Waals surface area contributed by atoms with E-state index in [1.165, 1.54) is 12.1 Å². The van der Waals surface area contributed by atoms with Gasteiger partial charge in [-0.3, -0.25) is 14.5 Å². The molecule has 0 radical (unpaired) electrons. The van der Waals surface area contributed by atoms with Gasteiger partial charge < -0.3 is 14.6 Å². The van der Waals surface area contributed by atoms with E-state index in [4.69, 9.17) is 4.74 Å². The molecule has 1 unspecified atom stereocenters. The number of nitrogens with zero attached hydrogens (tertiary/aromatic N) is 3. The number of anilines is 1. The number of ether oxygens (including phenoxy) is 1. The molecule has 0 aliphatic heterocycles. The Morgan fingerprint density at radius 1 is 1.21 bits per heavy atom. The summed E-state index contributed by atoms with van der Waals surface area (Å²) in [5.41, 5.74) is 1.27. The summed E-state index contributed by atoms with van der Waals surface area (Å²) in [5.74, 6) is -0.144. The molecule has 2 heterocycles. The molecule has 4 rings (SSSR count). The first kappa shape index (κ1) is 23.7. The fourth-order valence-corrected chi connectivity index (χ4v) is 3.91. The third-order valence-electron chi connectivity index (χ3n) is 5.16. The van der Waals surface area contributed by atoms with E-state index in [9.17, 15) is 13.7 Å². The van der Waals surface area contributed by atoms with Gasteiger partial charge in [-0.05, 0) is 61.8 Å². The number of hydrogen-bond donors (Lipinski definition) is 1. The summed E-state index contributed by atoms with van der Waals surface area (Å²) in [5, 5.41) is 7.67. The van der Waals surface area contributed by atoms with Gasteiger partial charge in [-0.1, -0.05) is 6.07 Å². The fourth-order valence-electron chi connectivity index (χ4n) is 3.36. The lowest BCUT2D eigenvalue weighted by Crippen LogP contribution is -2.22. The second-order valence-corrected chi connectivity index (χ2v) is 10.2. The first-order valence-corrected chi connectivity index (χ1v) is 12.2. The molecule has 7 nitrogen and oxygen atoms in total. The molecule has 1 amide bonds. The summed E-state index contributed by atoms with van der Waals surface area (Å²) in [6, 6.07) is 11.3. The van der Waals surface area contributed by atoms with Crippen molar-refractivity contribution >= 4 is 33.7 Å². The van der Waals surface area contributed by atoms with Gasteiger partial charge in [0.05, 0.1) is 29.4 Å². The molecular weight excluding hydrogens is 455 g/mol. The van der Waals surface area contributed by atoms with Crippen LogP contribution in [0.25, 0.3) is 10.9 Å². The van der Waals surface area contributed by atoms with Gasteiger partial charge in [-0.15, -0.1) is 0 Å². The standard InChI is InChI=1S/C25H25FN4O3S/c1-25(2,3)30-15-17(14-28-30)29-24(31)11-16-5-6-18(12-21(16)26)33-23-9-10-27-22-8-7-19(34(4)32)13-20(22)23/h5-10,12-15H,11H2,1-4H3,(H,29,31). The van der Waals surface area contributed by atoms with Gasteiger partial charge in [0.15, 0.2) is 4.90 Å². The second-order valence-electron chi connectivity index (χ2n) is 8.87. The minimum Gasteiger partial charge on any atom is -0.612 e. The molecule has 9 heteroatoms. The molecule has 0 saturated heterocycles. The molecular formula is C25H25FN4O3S. The molecule has 0 spiro atoms. The number of hydrogen-bond acceptors (Lipinski definition) is 5. The van der Waals surface area contributed by atoms with E-state index in [1.54, 1.807) is 59.9 Å². The first-order chi connectivity index (χ1) is 16.1. The maximum atomic E-state index is 14.8. The van der Waals surface area contributed by atoms with Crippen LogP contribution in [-0.2, 0) is 27.9 Å². The number of fused-ring (bicyclic) bond motifs is 1. The number of amides is 1. The topological polar surface area (TPSA) is 92.1 Å². The highest BCUT2D eigenvalue weighted by Gasteiger charge is 2.16. The molecule has 0 saturated carbocycles. The van der Waals surface area contributed by atoms with Gasteiger partial charge >= 0.3 is 0 Å². The molecule has 1 N–H and O–H groups in total. The smallest absolute Gasteiger partial charge is 0.228 e. The number of halogens is 1. The van der Waals surface area contributed by atoms with E-state index in [0.29, 0.717) is 27.2 Å². The summed E-state index contributed by atoms with van der Waals surface area (Å²) in [6.07, 6.45) is 6.37. The third-order valence-corrected chi connectivity index (χ3v) is 6.08. The van der Waals surface area contributed by atoms with Crippen LogP contribution in [0.15, 0.2) is 66.0 Å². The van der Waals surface area contributed by atoms with Crippen LogP contribution in [0.4, 0.5) is 10.1 Å². The third kappa shape index (κ3) is 5.37. The van der Waals surface area contributed by atoms with E-state index in [0.717, 1.165) is 0 Å². The van der Waals surface area contributed by atoms with Gasteiger partial charge in [0.2, 0.25) is 5.91 Å². The van der Waals surface area contributed by atoms with Crippen molar-refractivity contribution < 1.29 is 18.5 Å². The minimum atomic E-state index is -1.16. The lowest BCUT2D eigenvalue weighted by molar-refractivity contribution is -0.115. The van der Waals surface area contributed by atoms with Gasteiger partial charge in [0.25, 0.3) is 0 Å². The largest absolute Gasteiger partial charge is 0.612 e. The second kappa shape index (κ2) is 9.44. The lowest BCUT2D eigenvalue weighted by Gasteiger charge is -2.18. The summed E-state index contributed by atoms with van der Waals surface area (Å²) in [4.78, 5) is 17.4. The molecule has 0 bridgehead atoms. The van der Waals surface area contributed by atoms with Gasteiger partial charge in [-0.25, -0.2) is 4.39 Å². The van der Waals surface area contributed by atoms with Crippen molar-refractivity contribution in [3.8, 4) is 11.5 Å². The number of pyridine rings is 1. The summed E-state index contributed by atoms with van der Waals surface area (Å²) >= 11 is -1.16. The van der Waals surface area contributed by atoms with E-state index in [1.807, 2.05) is 20.8 Å². The maximum absolute atomic E-state index is 14.8. The van der Waals surface area contributed by atoms with Crippen LogP contribution in [0.5, 0.6) is 11.5 Å². The van der Waals surface area contributed by atoms with Crippen molar-refractivity contribution in [3.63, 3.8) is 0 Å². The number of rotatable bonds is 6. The average molecular weight is 481 g/mol. The Morgan fingerprint density at radius 3 is 2.68 bits per heavy atom. The van der Waals surface area contributed by atoms with Crippen LogP contribution >= 0.6 is 0 Å². The predicted octanol–water partition coefficient (Wildman–Crippen LogP) is 5.04. The van der Waals surface area contributed by atoms with E-state index in [-0.39, 0.29) is 29.2 Å². The van der Waals surface area contributed by atoms with Crippen LogP contribution in [0.3, 0.4) is 0 Å². The molecule has 2 aromatic carbocycles. The molecule has 1 atom stereocenters. The van der Waals surface area contributed by atoms with E-state index in [2.05, 4.69) is 15.4 Å². The zero-order valence-corrected chi connectivity index (χ0v) is 20.1. The highest BCUT2D eigenvalue weighted by molar-refractivity contribution is 7.90. The molecule has 4 aromatic rings. The highest BCUT2D eigenvalue weighted by atomic mass is 32.2. The lowest BCUT2D eigenvalue weighted by atomic mass is 10.1. The first-order valence-electron chi connectivity index (χ1n) is 10.6. The van der Waals surface area contributed by atoms with Crippen LogP contribution in [0.1, 0.15) is 26.3 Å². The van der Waals surface area contributed by atoms with Crippen molar-refractivity contribution in [2.24, 2.45) is 0 Å². The van der Waals surface area contributed by atoms with Crippen molar-refractivity contribution in [1.29, 1.82) is 0 Å². The Kier molecular flexibility index (Phi) is 6.58. The number of benzene rings is 2. The van der Waals surface area contributed by atoms with Gasteiger partial charge in [-0.2, -0.15) is 5.10 Å². The molecule has 176 valence electrons. The predicted molar refractivity (Wildman–Crippen MR) is 130 cm³/mol. The summed E-state index contributed by atoms with van der Waals surface area (Å²) in [6.45, 7) is 6.01. The fraction of sp³-hybridized carbons (Fsp3) is 0.240. The Balaban J connectivity index is 1.48. The van der Waals surface area contributed by atoms with E-state index < -0.39 is 17.0 Å². The molecule has 0 fully saturated rings. The maximum Gasteiger partial charge on any atom is 0.228 e. The van der Waals surface area contributed by atoms with Crippen molar-refractivity contribution in [3.05, 3.63) is 72.4 Å². The number of carbonyl (C=O) groups is 1. The monoisotopic (exact) mass is 480 g/mol. The average Bonchev–Trinajstić information content (AvgIpc) is 3.24. The number of carbonyl (C=O) groups excluding carboxylic acids is 1. The normalized spacial score (nSPS) is 12.5. The Hall–Kier alpha value is -3.43. The van der Waals surface area contributed by atoms with Crippen molar-refractivity contribution in [2.45, 2.75) is 37.6 Å². The quantitative estimate of drug-likeness (QED) is 0.391. The van der Waals surface area contributed by atoms with Crippen LogP contribution in [-0.4, -0.2) is 31.5 Å². The van der Waals surface area contributed by atoms with Gasteiger partial charge in [0.1, 0.15) is 23.6 Å². The van der Waals surface area contributed by atoms with Crippen molar-refractivity contribution in [1.82, 2.24) is 14.8 Å². The van der Waals surface area contributed by atoms with Crippen LogP contribution in [0.2, 0.25) is 0 Å². The Bertz CT molecular complexity index is 1350. The highest BCUT2D eigenvalue weighted by Crippen LogP contribution is 2.31. The van der Waals surface area contributed by atoms with Crippen LogP contribution < -0.4 is 10.1 Å². The SMILES string of the molecule is C[S+]([O-])c1ccc2nccc(Oc3ccc(CC(=O)Nc4cnn(C(C)(C)C)c4)c(F)c3)c2c1. The summed E-state index contributed by atoms with van der Waals surface area (Å²) < 4.78 is 34.3. The zero-order valence-electron chi connectivity index (χ0n) is 19.3. The molecule has 0 aliphatic carbocycles. The number of aromatic nitrogens is 3. The molecule has 0 aliphatic rings. The Labute approximate surface area is 200 Å². The molecule has 2 aromatic heterocycles. The van der Waals surface area contributed by atoms with Gasteiger partial charge in [0, 0.05) is 29.9 Å². The Morgan fingerprint density at radius 2 is 2.00 bits per heavy atom. The minimum absolute atomic E-state index is 0.128. The zero-order chi connectivity index (χ0) is 24.5. The molecule has 34 heavy (non-hydrogen) atoms. The van der Waals surface area contributed by atoms with Crippen molar-refractivity contribution in [2.75, 3.05) is 11.6 Å². The van der Waals surface area contributed by atoms with E-state index >= 15 is 0 Å². The van der Waals surface area contributed by atoms with Crippen LogP contribution in [0, 0.1) is 5.82 Å². The summed E-state index contributed by atoms with van der Waals surface area (Å²) in [7, 11) is 0. The number of nitrogens with one attached hydrogen (secondary N) is 1.